The van der Waals surface area contributed by atoms with Gasteiger partial charge in [-0.15, -0.1) is 36.6 Å². The van der Waals surface area contributed by atoms with Crippen LogP contribution < -0.4 is 0 Å². The molecule has 1 aliphatic heterocycles. The van der Waals surface area contributed by atoms with Gasteiger partial charge in [0.05, 0.1) is 6.10 Å². The van der Waals surface area contributed by atoms with Gasteiger partial charge in [0.1, 0.15) is 11.6 Å². The van der Waals surface area contributed by atoms with E-state index in [9.17, 15) is 13.9 Å². The van der Waals surface area contributed by atoms with Crippen LogP contribution in [0, 0.1) is 18.6 Å². The lowest BCUT2D eigenvalue weighted by Gasteiger charge is -2.35. The Morgan fingerprint density at radius 1 is 0.763 bits per heavy atom. The van der Waals surface area contributed by atoms with Crippen molar-refractivity contribution in [1.82, 2.24) is 9.80 Å². The summed E-state index contributed by atoms with van der Waals surface area (Å²) >= 11 is 1.71. The Labute approximate surface area is 242 Å². The van der Waals surface area contributed by atoms with E-state index in [1.807, 2.05) is 24.3 Å². The number of piperazine rings is 1. The lowest BCUT2D eigenvalue weighted by atomic mass is 9.87. The number of benzene rings is 3. The van der Waals surface area contributed by atoms with Crippen molar-refractivity contribution < 1.29 is 13.9 Å². The van der Waals surface area contributed by atoms with Crippen molar-refractivity contribution in [3.63, 3.8) is 0 Å². The summed E-state index contributed by atoms with van der Waals surface area (Å²) in [5.74, 6) is 0.340. The van der Waals surface area contributed by atoms with Crippen LogP contribution in [-0.2, 0) is 0 Å². The topological polar surface area (TPSA) is 26.7 Å². The van der Waals surface area contributed by atoms with Crippen LogP contribution in [0.25, 0.3) is 0 Å². The molecule has 208 valence electrons. The van der Waals surface area contributed by atoms with Crippen LogP contribution in [0.4, 0.5) is 8.78 Å². The molecule has 3 aromatic carbocycles. The SMILES string of the molecule is Cc1ccc(SCC(O)CN2CCN(CCCC(c3ccc(F)cc3)c3ccc(F)cc3)CC2)cc1.Cl.Cl. The number of aliphatic hydroxyl groups is 1. The Balaban J connectivity index is 0.00000253. The lowest BCUT2D eigenvalue weighted by molar-refractivity contribution is 0.0819. The summed E-state index contributed by atoms with van der Waals surface area (Å²) in [6.07, 6.45) is 1.59. The van der Waals surface area contributed by atoms with Crippen LogP contribution in [0.2, 0.25) is 0 Å². The van der Waals surface area contributed by atoms with E-state index in [-0.39, 0.29) is 48.5 Å². The van der Waals surface area contributed by atoms with Crippen LogP contribution >= 0.6 is 36.6 Å². The third-order valence-corrected chi connectivity index (χ3v) is 8.07. The summed E-state index contributed by atoms with van der Waals surface area (Å²) in [5, 5.41) is 10.5. The predicted octanol–water partition coefficient (Wildman–Crippen LogP) is 6.80. The van der Waals surface area contributed by atoms with Gasteiger partial charge < -0.3 is 10.0 Å². The van der Waals surface area contributed by atoms with Crippen LogP contribution in [0.5, 0.6) is 0 Å². The first kappa shape index (κ1) is 32.5. The maximum absolute atomic E-state index is 13.5. The second-order valence-electron chi connectivity index (χ2n) is 9.72. The molecule has 0 aromatic heterocycles. The fourth-order valence-corrected chi connectivity index (χ4v) is 5.63. The number of nitrogens with zero attached hydrogens (tertiary/aromatic N) is 2. The van der Waals surface area contributed by atoms with E-state index >= 15 is 0 Å². The average molecular weight is 584 g/mol. The lowest BCUT2D eigenvalue weighted by Crippen LogP contribution is -2.49. The average Bonchev–Trinajstić information content (AvgIpc) is 2.89. The molecule has 0 radical (unpaired) electrons. The number of halogens is 4. The normalized spacial score (nSPS) is 15.1. The number of β-amino-alcohol motifs (C(OH)–C–C–N with tert-alkyl or cyclic N) is 1. The number of aliphatic hydroxyl groups excluding tert-OH is 1. The Kier molecular flexibility index (Phi) is 14.1. The summed E-state index contributed by atoms with van der Waals surface area (Å²) in [6, 6.07) is 21.8. The number of thioether (sulfide) groups is 1. The van der Waals surface area contributed by atoms with Crippen molar-refractivity contribution in [2.45, 2.75) is 36.7 Å². The van der Waals surface area contributed by atoms with E-state index in [0.29, 0.717) is 12.3 Å². The summed E-state index contributed by atoms with van der Waals surface area (Å²) in [6.45, 7) is 7.71. The van der Waals surface area contributed by atoms with Gasteiger partial charge >= 0.3 is 0 Å². The molecular weight excluding hydrogens is 545 g/mol. The van der Waals surface area contributed by atoms with Gasteiger partial charge in [0.2, 0.25) is 0 Å². The molecule has 3 nitrogen and oxygen atoms in total. The fraction of sp³-hybridized carbons (Fsp3) is 0.400. The van der Waals surface area contributed by atoms with Crippen molar-refractivity contribution in [3.8, 4) is 0 Å². The molecule has 1 aliphatic rings. The highest BCUT2D eigenvalue weighted by Crippen LogP contribution is 2.30. The van der Waals surface area contributed by atoms with Gasteiger partial charge in [-0.05, 0) is 73.8 Å². The molecule has 1 N–H and O–H groups in total. The Hall–Kier alpha value is -1.67. The summed E-state index contributed by atoms with van der Waals surface area (Å²) in [4.78, 5) is 6.04. The molecule has 0 saturated carbocycles. The molecule has 0 spiro atoms. The Morgan fingerprint density at radius 3 is 1.79 bits per heavy atom. The highest BCUT2D eigenvalue weighted by molar-refractivity contribution is 7.99. The van der Waals surface area contributed by atoms with Crippen molar-refractivity contribution in [2.75, 3.05) is 45.0 Å². The van der Waals surface area contributed by atoms with Gasteiger partial charge in [-0.3, -0.25) is 4.90 Å². The molecule has 0 amide bonds. The quantitative estimate of drug-likeness (QED) is 0.251. The van der Waals surface area contributed by atoms with Gasteiger partial charge in [-0.25, -0.2) is 8.78 Å². The van der Waals surface area contributed by atoms with Crippen molar-refractivity contribution in [3.05, 3.63) is 101 Å². The Morgan fingerprint density at radius 2 is 1.26 bits per heavy atom. The molecule has 1 atom stereocenters. The molecule has 1 unspecified atom stereocenters. The minimum atomic E-state index is -0.338. The van der Waals surface area contributed by atoms with Crippen LogP contribution in [-0.4, -0.2) is 66.0 Å². The number of hydrogen-bond donors (Lipinski definition) is 1. The second-order valence-corrected chi connectivity index (χ2v) is 10.8. The minimum Gasteiger partial charge on any atom is -0.391 e. The standard InChI is InChI=1S/C30H36F2N2OS.2ClH/c1-23-4-14-29(15-5-23)36-22-28(35)21-34-19-17-33(18-20-34)16-2-3-30(24-6-10-26(31)11-7-24)25-8-12-27(32)13-9-25;;/h4-15,28,30,35H,2-3,16-22H2,1H3;2*1H. The monoisotopic (exact) mass is 582 g/mol. The zero-order valence-corrected chi connectivity index (χ0v) is 24.2. The van der Waals surface area contributed by atoms with Gasteiger partial charge in [-0.2, -0.15) is 0 Å². The summed E-state index contributed by atoms with van der Waals surface area (Å²) in [7, 11) is 0. The van der Waals surface area contributed by atoms with Gasteiger partial charge in [0.25, 0.3) is 0 Å². The molecule has 4 rings (SSSR count). The third-order valence-electron chi connectivity index (χ3n) is 6.91. The van der Waals surface area contributed by atoms with Crippen molar-refractivity contribution in [2.24, 2.45) is 0 Å². The summed E-state index contributed by atoms with van der Waals surface area (Å²) in [5.41, 5.74) is 3.37. The van der Waals surface area contributed by atoms with E-state index in [2.05, 4.69) is 41.0 Å². The molecule has 38 heavy (non-hydrogen) atoms. The van der Waals surface area contributed by atoms with E-state index in [0.717, 1.165) is 56.7 Å². The second kappa shape index (κ2) is 16.4. The highest BCUT2D eigenvalue weighted by Gasteiger charge is 2.20. The minimum absolute atomic E-state index is 0. The zero-order chi connectivity index (χ0) is 25.3. The maximum atomic E-state index is 13.5. The fourth-order valence-electron chi connectivity index (χ4n) is 4.81. The van der Waals surface area contributed by atoms with Gasteiger partial charge in [-0.1, -0.05) is 42.0 Å². The molecule has 1 fully saturated rings. The van der Waals surface area contributed by atoms with E-state index in [4.69, 9.17) is 0 Å². The largest absolute Gasteiger partial charge is 0.391 e. The van der Waals surface area contributed by atoms with Crippen molar-refractivity contribution >= 4 is 36.6 Å². The highest BCUT2D eigenvalue weighted by atomic mass is 35.5. The first-order chi connectivity index (χ1) is 17.5. The number of hydrogen-bond acceptors (Lipinski definition) is 4. The predicted molar refractivity (Wildman–Crippen MR) is 159 cm³/mol. The van der Waals surface area contributed by atoms with Crippen LogP contribution in [0.1, 0.15) is 35.4 Å². The zero-order valence-electron chi connectivity index (χ0n) is 21.8. The van der Waals surface area contributed by atoms with Crippen molar-refractivity contribution in [1.29, 1.82) is 0 Å². The van der Waals surface area contributed by atoms with E-state index in [1.165, 1.54) is 34.7 Å². The van der Waals surface area contributed by atoms with Crippen LogP contribution in [0.15, 0.2) is 77.7 Å². The van der Waals surface area contributed by atoms with Gasteiger partial charge in [0, 0.05) is 49.3 Å². The molecule has 0 aliphatic carbocycles. The number of rotatable bonds is 11. The first-order valence-corrected chi connectivity index (χ1v) is 13.8. The third kappa shape index (κ3) is 10.1. The van der Waals surface area contributed by atoms with Gasteiger partial charge in [0.15, 0.2) is 0 Å². The maximum Gasteiger partial charge on any atom is 0.123 e. The molecular formula is C30H38Cl2F2N2OS. The molecule has 1 heterocycles. The van der Waals surface area contributed by atoms with E-state index in [1.54, 1.807) is 11.8 Å². The molecule has 3 aromatic rings. The summed E-state index contributed by atoms with van der Waals surface area (Å²) < 4.78 is 26.9. The van der Waals surface area contributed by atoms with Crippen LogP contribution in [0.3, 0.4) is 0 Å². The smallest absolute Gasteiger partial charge is 0.123 e. The van der Waals surface area contributed by atoms with E-state index < -0.39 is 0 Å². The molecule has 8 heteroatoms. The number of aryl methyl sites for hydroxylation is 1. The molecule has 0 bridgehead atoms. The Bertz CT molecular complexity index is 1020. The molecule has 1 saturated heterocycles. The first-order valence-electron chi connectivity index (χ1n) is 12.8.